The van der Waals surface area contributed by atoms with Crippen LogP contribution >= 0.6 is 11.6 Å². The lowest BCUT2D eigenvalue weighted by Gasteiger charge is -2.12. The molecule has 2 N–H and O–H groups in total. The summed E-state index contributed by atoms with van der Waals surface area (Å²) in [5, 5.41) is 19.0. The fraction of sp³-hybridized carbons (Fsp3) is 0.273. The minimum absolute atomic E-state index is 0.182. The average molecular weight is 258 g/mol. The van der Waals surface area contributed by atoms with Crippen molar-refractivity contribution in [2.75, 3.05) is 7.05 Å². The molecule has 0 aliphatic heterocycles. The first kappa shape index (κ1) is 13.6. The van der Waals surface area contributed by atoms with E-state index in [9.17, 15) is 14.7 Å². The predicted molar refractivity (Wildman–Crippen MR) is 60.6 cm³/mol. The highest BCUT2D eigenvalue weighted by atomic mass is 35.5. The molecule has 0 aliphatic rings. The molecular weight excluding hydrogens is 246 g/mol. The van der Waals surface area contributed by atoms with Gasteiger partial charge < -0.3 is 5.11 Å². The van der Waals surface area contributed by atoms with Crippen molar-refractivity contribution in [3.05, 3.63) is 34.9 Å². The van der Waals surface area contributed by atoms with Gasteiger partial charge in [0.2, 0.25) is 5.78 Å². The quantitative estimate of drug-likeness (QED) is 0.482. The zero-order valence-corrected chi connectivity index (χ0v) is 9.89. The van der Waals surface area contributed by atoms with Crippen LogP contribution in [-0.4, -0.2) is 34.1 Å². The number of rotatable bonds is 4. The summed E-state index contributed by atoms with van der Waals surface area (Å²) in [5.41, 5.74) is 0.371. The van der Waals surface area contributed by atoms with Crippen LogP contribution in [0.2, 0.25) is 5.02 Å². The number of amides is 1. The van der Waals surface area contributed by atoms with Crippen LogP contribution in [0.5, 0.6) is 0 Å². The normalized spacial score (nSPS) is 12.0. The van der Waals surface area contributed by atoms with Gasteiger partial charge in [-0.25, -0.2) is 5.06 Å². The maximum atomic E-state index is 11.3. The molecule has 6 heteroatoms. The van der Waals surface area contributed by atoms with Crippen molar-refractivity contribution in [3.63, 3.8) is 0 Å². The maximum absolute atomic E-state index is 11.3. The van der Waals surface area contributed by atoms with Gasteiger partial charge in [-0.3, -0.25) is 14.8 Å². The Kier molecular flexibility index (Phi) is 4.62. The van der Waals surface area contributed by atoms with Gasteiger partial charge in [-0.05, 0) is 11.6 Å². The number of aliphatic hydroxyl groups excluding tert-OH is 1. The van der Waals surface area contributed by atoms with Crippen molar-refractivity contribution < 1.29 is 19.9 Å². The second-order valence-electron chi connectivity index (χ2n) is 3.49. The van der Waals surface area contributed by atoms with Gasteiger partial charge in [0, 0.05) is 18.5 Å². The summed E-state index contributed by atoms with van der Waals surface area (Å²) in [6.45, 7) is 0. The van der Waals surface area contributed by atoms with E-state index in [4.69, 9.17) is 16.8 Å². The molecular formula is C11H12ClNO4. The van der Waals surface area contributed by atoms with Crippen LogP contribution in [0.15, 0.2) is 24.3 Å². The molecule has 0 radical (unpaired) electrons. The van der Waals surface area contributed by atoms with Crippen molar-refractivity contribution in [2.45, 2.75) is 12.5 Å². The Morgan fingerprint density at radius 1 is 1.41 bits per heavy atom. The van der Waals surface area contributed by atoms with Crippen molar-refractivity contribution in [3.8, 4) is 0 Å². The highest BCUT2D eigenvalue weighted by Gasteiger charge is 2.22. The van der Waals surface area contributed by atoms with Crippen molar-refractivity contribution in [1.29, 1.82) is 0 Å². The number of hydrogen-bond acceptors (Lipinski definition) is 4. The van der Waals surface area contributed by atoms with Crippen LogP contribution in [0.3, 0.4) is 0 Å². The average Bonchev–Trinajstić information content (AvgIpc) is 2.28. The van der Waals surface area contributed by atoms with Crippen LogP contribution in [0.4, 0.5) is 0 Å². The second kappa shape index (κ2) is 5.77. The molecule has 0 fully saturated rings. The van der Waals surface area contributed by atoms with E-state index in [1.54, 1.807) is 24.3 Å². The Labute approximate surface area is 103 Å². The minimum Gasteiger partial charge on any atom is -0.388 e. The Hall–Kier alpha value is -1.43. The lowest BCUT2D eigenvalue weighted by molar-refractivity contribution is -0.166. The number of hydroxylamine groups is 2. The van der Waals surface area contributed by atoms with Crippen LogP contribution in [-0.2, 0) is 9.59 Å². The van der Waals surface area contributed by atoms with E-state index in [1.165, 1.54) is 0 Å². The third kappa shape index (κ3) is 3.52. The van der Waals surface area contributed by atoms with E-state index in [0.717, 1.165) is 7.05 Å². The second-order valence-corrected chi connectivity index (χ2v) is 3.90. The van der Waals surface area contributed by atoms with Gasteiger partial charge in [0.05, 0.1) is 6.10 Å². The summed E-state index contributed by atoms with van der Waals surface area (Å²) in [5.74, 6) is -1.96. The molecule has 1 unspecified atom stereocenters. The van der Waals surface area contributed by atoms with E-state index < -0.39 is 24.2 Å². The number of likely N-dealkylation sites (N-methyl/N-ethyl adjacent to an activating group) is 1. The standard InChI is InChI=1S/C11H12ClNO4/c1-13(17)11(16)10(15)6-9(14)7-4-2-3-5-8(7)12/h2-5,9,14,17H,6H2,1H3. The molecule has 1 amide bonds. The molecule has 0 spiro atoms. The van der Waals surface area contributed by atoms with Crippen molar-refractivity contribution in [2.24, 2.45) is 0 Å². The van der Waals surface area contributed by atoms with Gasteiger partial charge in [0.25, 0.3) is 0 Å². The molecule has 5 nitrogen and oxygen atoms in total. The van der Waals surface area contributed by atoms with Gasteiger partial charge in [-0.2, -0.15) is 0 Å². The third-order valence-corrected chi connectivity index (χ3v) is 2.52. The lowest BCUT2D eigenvalue weighted by atomic mass is 10.0. The maximum Gasteiger partial charge on any atom is 0.313 e. The SMILES string of the molecule is CN(O)C(=O)C(=O)CC(O)c1ccccc1Cl. The molecule has 0 aromatic heterocycles. The van der Waals surface area contributed by atoms with Gasteiger partial charge in [-0.1, -0.05) is 29.8 Å². The molecule has 1 rings (SSSR count). The molecule has 0 saturated heterocycles. The lowest BCUT2D eigenvalue weighted by Crippen LogP contribution is -2.31. The number of ketones is 1. The molecule has 1 aromatic carbocycles. The number of nitrogens with zero attached hydrogens (tertiary/aromatic N) is 1. The fourth-order valence-corrected chi connectivity index (χ4v) is 1.56. The van der Waals surface area contributed by atoms with Gasteiger partial charge in [-0.15, -0.1) is 0 Å². The van der Waals surface area contributed by atoms with Crippen LogP contribution in [0.25, 0.3) is 0 Å². The molecule has 0 heterocycles. The number of halogens is 1. The summed E-state index contributed by atoms with van der Waals surface area (Å²) in [6, 6.07) is 6.49. The molecule has 17 heavy (non-hydrogen) atoms. The fourth-order valence-electron chi connectivity index (χ4n) is 1.30. The number of Topliss-reactive ketones (excluding diaryl/α,β-unsaturated/α-hetero) is 1. The molecule has 1 aromatic rings. The van der Waals surface area contributed by atoms with Crippen LogP contribution in [0.1, 0.15) is 18.1 Å². The summed E-state index contributed by atoms with van der Waals surface area (Å²) in [7, 11) is 1.04. The number of hydrogen-bond donors (Lipinski definition) is 2. The molecule has 92 valence electrons. The van der Waals surface area contributed by atoms with E-state index in [-0.39, 0.29) is 5.06 Å². The van der Waals surface area contributed by atoms with Crippen molar-refractivity contribution >= 4 is 23.3 Å². The molecule has 1 atom stereocenters. The highest BCUT2D eigenvalue weighted by Crippen LogP contribution is 2.24. The monoisotopic (exact) mass is 257 g/mol. The summed E-state index contributed by atoms with van der Waals surface area (Å²) in [4.78, 5) is 22.4. The largest absolute Gasteiger partial charge is 0.388 e. The summed E-state index contributed by atoms with van der Waals surface area (Å²) in [6.07, 6.45) is -1.59. The molecule has 0 bridgehead atoms. The Morgan fingerprint density at radius 3 is 2.53 bits per heavy atom. The van der Waals surface area contributed by atoms with Crippen LogP contribution < -0.4 is 0 Å². The van der Waals surface area contributed by atoms with E-state index in [0.29, 0.717) is 10.6 Å². The first-order valence-corrected chi connectivity index (χ1v) is 5.23. The van der Waals surface area contributed by atoms with Crippen molar-refractivity contribution in [1.82, 2.24) is 5.06 Å². The van der Waals surface area contributed by atoms with E-state index in [1.807, 2.05) is 0 Å². The van der Waals surface area contributed by atoms with Crippen LogP contribution in [0, 0.1) is 0 Å². The first-order valence-electron chi connectivity index (χ1n) is 4.85. The first-order chi connectivity index (χ1) is 7.93. The molecule has 0 aliphatic carbocycles. The number of carbonyl (C=O) groups excluding carboxylic acids is 2. The highest BCUT2D eigenvalue weighted by molar-refractivity contribution is 6.36. The third-order valence-electron chi connectivity index (χ3n) is 2.18. The predicted octanol–water partition coefficient (Wildman–Crippen LogP) is 1.18. The zero-order chi connectivity index (χ0) is 13.0. The number of benzene rings is 1. The topological polar surface area (TPSA) is 77.8 Å². The molecule has 0 saturated carbocycles. The Bertz CT molecular complexity index is 433. The zero-order valence-electron chi connectivity index (χ0n) is 9.13. The smallest absolute Gasteiger partial charge is 0.313 e. The van der Waals surface area contributed by atoms with Gasteiger partial charge >= 0.3 is 5.91 Å². The minimum atomic E-state index is -1.17. The van der Waals surface area contributed by atoms with E-state index in [2.05, 4.69) is 0 Å². The Morgan fingerprint density at radius 2 is 2.00 bits per heavy atom. The number of aliphatic hydroxyl groups is 1. The van der Waals surface area contributed by atoms with Gasteiger partial charge in [0.15, 0.2) is 0 Å². The number of carbonyl (C=O) groups is 2. The van der Waals surface area contributed by atoms with E-state index >= 15 is 0 Å². The summed E-state index contributed by atoms with van der Waals surface area (Å²) >= 11 is 5.83. The summed E-state index contributed by atoms with van der Waals surface area (Å²) < 4.78 is 0. The van der Waals surface area contributed by atoms with Gasteiger partial charge in [0.1, 0.15) is 0 Å². The Balaban J connectivity index is 2.74.